The average molecular weight is 1310 g/mol. The highest BCUT2D eigenvalue weighted by Gasteiger charge is 2.24. The van der Waals surface area contributed by atoms with Crippen molar-refractivity contribution in [2.24, 2.45) is 0 Å². The van der Waals surface area contributed by atoms with E-state index in [0.29, 0.717) is 5.95 Å². The molecule has 103 heavy (non-hydrogen) atoms. The number of fused-ring (bicyclic) bond motifs is 18. The van der Waals surface area contributed by atoms with Crippen LogP contribution in [0.4, 0.5) is 0 Å². The second-order valence-corrected chi connectivity index (χ2v) is 27.2. The summed E-state index contributed by atoms with van der Waals surface area (Å²) in [6, 6.07) is 131. The normalized spacial score (nSPS) is 12.1. The molecule has 0 aliphatic rings. The first-order valence-electron chi connectivity index (χ1n) is 35.3. The lowest BCUT2D eigenvalue weighted by molar-refractivity contribution is 1.01. The van der Waals surface area contributed by atoms with Crippen molar-refractivity contribution in [2.45, 2.75) is 0 Å². The molecule has 0 amide bonds. The molecule has 7 nitrogen and oxygen atoms in total. The van der Waals surface area contributed by atoms with Crippen molar-refractivity contribution in [3.8, 4) is 73.3 Å². The van der Waals surface area contributed by atoms with E-state index in [0.717, 1.165) is 111 Å². The second kappa shape index (κ2) is 22.3. The first-order chi connectivity index (χ1) is 51.1. The molecule has 16 aromatic carbocycles. The summed E-state index contributed by atoms with van der Waals surface area (Å²) in [5, 5.41) is 15.2. The van der Waals surface area contributed by atoms with Gasteiger partial charge in [0, 0.05) is 87.6 Å². The number of aromatic nitrogens is 7. The molecule has 22 rings (SSSR count). The van der Waals surface area contributed by atoms with Gasteiger partial charge < -0.3 is 18.3 Å². The van der Waals surface area contributed by atoms with Crippen LogP contribution in [0.15, 0.2) is 358 Å². The van der Waals surface area contributed by atoms with Crippen molar-refractivity contribution >= 4 is 131 Å². The van der Waals surface area contributed by atoms with Crippen LogP contribution in [0.5, 0.6) is 0 Å². The lowest BCUT2D eigenvalue weighted by Crippen LogP contribution is -2.04. The number of hydrogen-bond donors (Lipinski definition) is 0. The highest BCUT2D eigenvalue weighted by Crippen LogP contribution is 2.45. The molecule has 7 heteroatoms. The van der Waals surface area contributed by atoms with Crippen molar-refractivity contribution in [1.82, 2.24) is 32.8 Å². The Hall–Kier alpha value is -13.9. The second-order valence-electron chi connectivity index (χ2n) is 27.2. The smallest absolute Gasteiger partial charge is 0.235 e. The summed E-state index contributed by atoms with van der Waals surface area (Å²) < 4.78 is 11.9. The molecule has 0 radical (unpaired) electrons. The van der Waals surface area contributed by atoms with E-state index in [1.807, 2.05) is 0 Å². The number of para-hydroxylation sites is 7. The lowest BCUT2D eigenvalue weighted by Gasteiger charge is -2.15. The fraction of sp³-hybridized carbons (Fsp3) is 0. The summed E-state index contributed by atoms with van der Waals surface area (Å²) in [6.45, 7) is 0. The fourth-order valence-corrected chi connectivity index (χ4v) is 17.0. The molecule has 0 aliphatic carbocycles. The number of hydrogen-bond acceptors (Lipinski definition) is 2. The van der Waals surface area contributed by atoms with Gasteiger partial charge in [0.05, 0.1) is 66.4 Å². The zero-order valence-electron chi connectivity index (χ0n) is 55.7. The minimum Gasteiger partial charge on any atom is -0.309 e. The van der Waals surface area contributed by atoms with Gasteiger partial charge in [-0.3, -0.25) is 4.57 Å². The minimum absolute atomic E-state index is 0.598. The highest BCUT2D eigenvalue weighted by atomic mass is 15.2. The largest absolute Gasteiger partial charge is 0.309 e. The van der Waals surface area contributed by atoms with Crippen LogP contribution in [0.25, 0.3) is 204 Å². The molecular weight excluding hydrogens is 1250 g/mol. The van der Waals surface area contributed by atoms with Crippen LogP contribution < -0.4 is 0 Å². The monoisotopic (exact) mass is 1310 g/mol. The first kappa shape index (κ1) is 57.1. The van der Waals surface area contributed by atoms with Crippen LogP contribution in [0.1, 0.15) is 0 Å². The third-order valence-corrected chi connectivity index (χ3v) is 21.7. The van der Waals surface area contributed by atoms with Gasteiger partial charge in [-0.25, -0.2) is 9.97 Å². The maximum absolute atomic E-state index is 5.89. The summed E-state index contributed by atoms with van der Waals surface area (Å²) in [6.07, 6.45) is 0. The van der Waals surface area contributed by atoms with E-state index in [-0.39, 0.29) is 0 Å². The fourth-order valence-electron chi connectivity index (χ4n) is 17.0. The van der Waals surface area contributed by atoms with Gasteiger partial charge in [-0.05, 0) is 196 Å². The van der Waals surface area contributed by atoms with Gasteiger partial charge in [0.2, 0.25) is 5.95 Å². The SMILES string of the molecule is c1ccc(-n2c3ccccc3c3cc(-c4ccc5c(c4)c4ccccc4n5-c4cccc(-c5nc(-n6c7ccc(-c8ccc9c(c8)c8ccccc8n9-c8ccccc8)cc7c7cc(-c8ccc9c(c8)c8ccccc8n9-c8ccccc8)ccc76)nc6ccc7ccccc7c56)c4)ccc32)cc1. The molecule has 0 saturated carbocycles. The molecule has 0 fully saturated rings. The number of rotatable bonds is 9. The summed E-state index contributed by atoms with van der Waals surface area (Å²) >= 11 is 0. The van der Waals surface area contributed by atoms with Gasteiger partial charge in [0.15, 0.2) is 0 Å². The van der Waals surface area contributed by atoms with Crippen LogP contribution >= 0.6 is 0 Å². The average Bonchev–Trinajstić information content (AvgIpc) is 1.60. The zero-order valence-corrected chi connectivity index (χ0v) is 55.7. The van der Waals surface area contributed by atoms with Crippen LogP contribution in [-0.2, 0) is 0 Å². The topological polar surface area (TPSA) is 50.4 Å². The molecule has 0 N–H and O–H groups in total. The van der Waals surface area contributed by atoms with Crippen molar-refractivity contribution in [3.63, 3.8) is 0 Å². The van der Waals surface area contributed by atoms with E-state index < -0.39 is 0 Å². The third kappa shape index (κ3) is 8.70. The lowest BCUT2D eigenvalue weighted by atomic mass is 9.98. The van der Waals surface area contributed by atoms with E-state index >= 15 is 0 Å². The van der Waals surface area contributed by atoms with Gasteiger partial charge >= 0.3 is 0 Å². The summed E-state index contributed by atoms with van der Waals surface area (Å²) in [5.41, 5.74) is 25.5. The first-order valence-corrected chi connectivity index (χ1v) is 35.3. The predicted octanol–water partition coefficient (Wildman–Crippen LogP) is 24.9. The van der Waals surface area contributed by atoms with Gasteiger partial charge in [-0.15, -0.1) is 0 Å². The van der Waals surface area contributed by atoms with E-state index in [4.69, 9.17) is 9.97 Å². The minimum atomic E-state index is 0.598. The van der Waals surface area contributed by atoms with Crippen molar-refractivity contribution in [1.29, 1.82) is 0 Å². The molecule has 0 saturated heterocycles. The summed E-state index contributed by atoms with van der Waals surface area (Å²) in [5.74, 6) is 0.598. The molecule has 22 aromatic rings. The van der Waals surface area contributed by atoms with Gasteiger partial charge in [0.25, 0.3) is 0 Å². The molecule has 0 bridgehead atoms. The Labute approximate surface area is 591 Å². The van der Waals surface area contributed by atoms with Crippen molar-refractivity contribution in [3.05, 3.63) is 358 Å². The molecule has 6 heterocycles. The molecule has 0 spiro atoms. The highest BCUT2D eigenvalue weighted by molar-refractivity contribution is 6.18. The standard InChI is InChI=1S/C96H59N7/c1-4-23-68(24-5-1)99-84-35-16-12-31-73(84)77-54-61(40-47-88(77)99)62-43-50-91-80(57-62)76-34-15-19-38-87(76)102(91)71-29-20-22-67(53-71)95-94-72-30-11-10-21-60(72)39-46-83(94)97-96(98-95)103-92-51-44-65(63-41-48-89-78(55-63)74-32-13-17-36-85(74)100(89)69-25-6-2-7-26-69)58-81(92)82-59-66(45-52-93(82)103)64-42-49-90-79(56-64)75-33-14-18-37-86(75)101(90)70-27-8-3-9-28-70/h1-59H. The molecular formula is C96H59N7. The van der Waals surface area contributed by atoms with Crippen LogP contribution in [0.2, 0.25) is 0 Å². The van der Waals surface area contributed by atoms with Gasteiger partial charge in [-0.1, -0.05) is 206 Å². The zero-order chi connectivity index (χ0) is 67.4. The van der Waals surface area contributed by atoms with Gasteiger partial charge in [-0.2, -0.15) is 0 Å². The Morgan fingerprint density at radius 2 is 0.476 bits per heavy atom. The Kier molecular flexibility index (Phi) is 12.4. The molecule has 6 aromatic heterocycles. The number of benzene rings is 16. The quantitative estimate of drug-likeness (QED) is 0.135. The molecule has 0 aliphatic heterocycles. The van der Waals surface area contributed by atoms with Crippen LogP contribution in [0, 0.1) is 0 Å². The van der Waals surface area contributed by atoms with Crippen molar-refractivity contribution in [2.75, 3.05) is 0 Å². The Bertz CT molecular complexity index is 7080. The Balaban J connectivity index is 0.724. The summed E-state index contributed by atoms with van der Waals surface area (Å²) in [7, 11) is 0. The predicted molar refractivity (Wildman–Crippen MR) is 430 cm³/mol. The van der Waals surface area contributed by atoms with E-state index in [2.05, 4.69) is 381 Å². The van der Waals surface area contributed by atoms with E-state index in [1.54, 1.807) is 0 Å². The Morgan fingerprint density at radius 1 is 0.175 bits per heavy atom. The van der Waals surface area contributed by atoms with Crippen LogP contribution in [0.3, 0.4) is 0 Å². The molecule has 0 unspecified atom stereocenters. The van der Waals surface area contributed by atoms with Crippen LogP contribution in [-0.4, -0.2) is 32.8 Å². The Morgan fingerprint density at radius 3 is 0.864 bits per heavy atom. The van der Waals surface area contributed by atoms with E-state index in [1.165, 1.54) is 87.3 Å². The molecule has 478 valence electrons. The summed E-state index contributed by atoms with van der Waals surface area (Å²) in [4.78, 5) is 11.6. The maximum Gasteiger partial charge on any atom is 0.235 e. The number of nitrogens with zero attached hydrogens (tertiary/aromatic N) is 7. The third-order valence-electron chi connectivity index (χ3n) is 21.7. The van der Waals surface area contributed by atoms with Gasteiger partial charge in [0.1, 0.15) is 0 Å². The maximum atomic E-state index is 5.89. The van der Waals surface area contributed by atoms with Crippen molar-refractivity contribution < 1.29 is 0 Å². The molecule has 0 atom stereocenters. The van der Waals surface area contributed by atoms with E-state index in [9.17, 15) is 0 Å².